The van der Waals surface area contributed by atoms with E-state index >= 15 is 0 Å². The van der Waals surface area contributed by atoms with Gasteiger partial charge in [-0.25, -0.2) is 12.8 Å². The zero-order valence-electron chi connectivity index (χ0n) is 21.8. The van der Waals surface area contributed by atoms with Gasteiger partial charge in [-0.2, -0.15) is 0 Å². The number of carbonyl (C=O) groups is 2. The zero-order chi connectivity index (χ0) is 28.7. The summed E-state index contributed by atoms with van der Waals surface area (Å²) in [4.78, 5) is 27.9. The summed E-state index contributed by atoms with van der Waals surface area (Å²) in [6.07, 6.45) is 0.695. The molecule has 0 saturated heterocycles. The fraction of sp³-hybridized carbons (Fsp3) is 0.286. The Labute approximate surface area is 238 Å². The first kappa shape index (κ1) is 30.4. The summed E-state index contributed by atoms with van der Waals surface area (Å²) < 4.78 is 42.1. The van der Waals surface area contributed by atoms with E-state index in [4.69, 9.17) is 23.2 Å². The molecule has 2 amide bonds. The number of rotatable bonds is 11. The van der Waals surface area contributed by atoms with Gasteiger partial charge in [-0.1, -0.05) is 60.0 Å². The van der Waals surface area contributed by atoms with Crippen LogP contribution in [0.1, 0.15) is 31.4 Å². The lowest BCUT2D eigenvalue weighted by Crippen LogP contribution is -2.51. The molecule has 0 fully saturated rings. The van der Waals surface area contributed by atoms with Gasteiger partial charge in [0.25, 0.3) is 10.0 Å². The van der Waals surface area contributed by atoms with Crippen molar-refractivity contribution in [3.63, 3.8) is 0 Å². The third-order valence-electron chi connectivity index (χ3n) is 6.05. The highest BCUT2D eigenvalue weighted by atomic mass is 35.5. The topological polar surface area (TPSA) is 86.8 Å². The number of carbonyl (C=O) groups excluding carboxylic acids is 2. The van der Waals surface area contributed by atoms with E-state index in [1.165, 1.54) is 59.5 Å². The molecule has 208 valence electrons. The fourth-order valence-electron chi connectivity index (χ4n) is 3.79. The Balaban J connectivity index is 2.05. The summed E-state index contributed by atoms with van der Waals surface area (Å²) >= 11 is 12.6. The number of sulfonamides is 1. The highest BCUT2D eigenvalue weighted by Crippen LogP contribution is 2.33. The standard InChI is InChI=1S/C28H30Cl2FN3O4S/c1-4-15-32-28(36)20(3)33(17-21-7-10-23(31)11-8-21)27(35)18-34(26-16-22(29)9-14-25(26)30)39(37,38)24-12-5-19(2)6-13-24/h5-14,16,20H,4,15,17-18H2,1-3H3,(H,32,36)/t20-/m0/s1. The van der Waals surface area contributed by atoms with Crippen LogP contribution in [0, 0.1) is 12.7 Å². The summed E-state index contributed by atoms with van der Waals surface area (Å²) in [5.41, 5.74) is 1.44. The van der Waals surface area contributed by atoms with E-state index in [0.717, 1.165) is 9.87 Å². The normalized spacial score (nSPS) is 12.1. The van der Waals surface area contributed by atoms with Crippen LogP contribution in [0.15, 0.2) is 71.6 Å². The van der Waals surface area contributed by atoms with Gasteiger partial charge in [0.05, 0.1) is 15.6 Å². The van der Waals surface area contributed by atoms with E-state index in [2.05, 4.69) is 5.32 Å². The van der Waals surface area contributed by atoms with Crippen LogP contribution in [0.2, 0.25) is 10.0 Å². The van der Waals surface area contributed by atoms with Gasteiger partial charge in [-0.15, -0.1) is 0 Å². The molecule has 11 heteroatoms. The number of anilines is 1. The smallest absolute Gasteiger partial charge is 0.264 e. The Morgan fingerprint density at radius 3 is 2.26 bits per heavy atom. The lowest BCUT2D eigenvalue weighted by Gasteiger charge is -2.32. The molecular weight excluding hydrogens is 564 g/mol. The van der Waals surface area contributed by atoms with E-state index in [1.54, 1.807) is 19.1 Å². The Bertz CT molecular complexity index is 1420. The Hall–Kier alpha value is -3.14. The van der Waals surface area contributed by atoms with Crippen molar-refractivity contribution in [1.82, 2.24) is 10.2 Å². The van der Waals surface area contributed by atoms with Crippen LogP contribution >= 0.6 is 23.2 Å². The number of hydrogen-bond donors (Lipinski definition) is 1. The minimum atomic E-state index is -4.28. The molecule has 0 aliphatic rings. The molecule has 0 bridgehead atoms. The summed E-state index contributed by atoms with van der Waals surface area (Å²) in [5, 5.41) is 3.06. The van der Waals surface area contributed by atoms with Gasteiger partial charge in [0.2, 0.25) is 11.8 Å². The van der Waals surface area contributed by atoms with Crippen molar-refractivity contribution in [2.45, 2.75) is 44.7 Å². The SMILES string of the molecule is CCCNC(=O)[C@H](C)N(Cc1ccc(F)cc1)C(=O)CN(c1cc(Cl)ccc1Cl)S(=O)(=O)c1ccc(C)cc1. The van der Waals surface area contributed by atoms with Crippen LogP contribution < -0.4 is 9.62 Å². The number of halogens is 3. The third kappa shape index (κ3) is 7.71. The molecule has 0 unspecified atom stereocenters. The second-order valence-electron chi connectivity index (χ2n) is 9.04. The Morgan fingerprint density at radius 1 is 1.00 bits per heavy atom. The van der Waals surface area contributed by atoms with Crippen LogP contribution in [0.5, 0.6) is 0 Å². The van der Waals surface area contributed by atoms with Crippen molar-refractivity contribution in [1.29, 1.82) is 0 Å². The fourth-order valence-corrected chi connectivity index (χ4v) is 5.65. The van der Waals surface area contributed by atoms with Crippen molar-refractivity contribution in [2.24, 2.45) is 0 Å². The molecule has 39 heavy (non-hydrogen) atoms. The average molecular weight is 595 g/mol. The molecule has 7 nitrogen and oxygen atoms in total. The lowest BCUT2D eigenvalue weighted by atomic mass is 10.1. The van der Waals surface area contributed by atoms with Gasteiger partial charge in [0.1, 0.15) is 18.4 Å². The summed E-state index contributed by atoms with van der Waals surface area (Å²) in [6, 6.07) is 15.0. The maximum Gasteiger partial charge on any atom is 0.264 e. The molecule has 3 aromatic carbocycles. The summed E-state index contributed by atoms with van der Waals surface area (Å²) in [7, 11) is -4.28. The molecule has 3 rings (SSSR count). The third-order valence-corrected chi connectivity index (χ3v) is 8.38. The number of amides is 2. The predicted molar refractivity (Wildman–Crippen MR) is 152 cm³/mol. The first-order chi connectivity index (χ1) is 18.4. The minimum Gasteiger partial charge on any atom is -0.354 e. The van der Waals surface area contributed by atoms with E-state index in [9.17, 15) is 22.4 Å². The molecule has 0 heterocycles. The zero-order valence-corrected chi connectivity index (χ0v) is 24.2. The van der Waals surface area contributed by atoms with E-state index < -0.39 is 40.2 Å². The van der Waals surface area contributed by atoms with Crippen molar-refractivity contribution in [3.05, 3.63) is 93.7 Å². The van der Waals surface area contributed by atoms with Gasteiger partial charge in [0.15, 0.2) is 0 Å². The quantitative estimate of drug-likeness (QED) is 0.314. The first-order valence-corrected chi connectivity index (χ1v) is 14.5. The number of nitrogens with zero attached hydrogens (tertiary/aromatic N) is 2. The van der Waals surface area contributed by atoms with Gasteiger partial charge in [-0.05, 0) is 68.3 Å². The Morgan fingerprint density at radius 2 is 1.64 bits per heavy atom. The first-order valence-electron chi connectivity index (χ1n) is 12.3. The molecule has 0 aliphatic heterocycles. The molecule has 0 radical (unpaired) electrons. The van der Waals surface area contributed by atoms with Crippen molar-refractivity contribution in [2.75, 3.05) is 17.4 Å². The number of aryl methyl sites for hydroxylation is 1. The van der Waals surface area contributed by atoms with Crippen LogP contribution in [0.4, 0.5) is 10.1 Å². The van der Waals surface area contributed by atoms with Gasteiger partial charge >= 0.3 is 0 Å². The molecule has 0 spiro atoms. The number of hydrogen-bond acceptors (Lipinski definition) is 4. The Kier molecular flexibility index (Phi) is 10.4. The molecule has 0 aromatic heterocycles. The summed E-state index contributed by atoms with van der Waals surface area (Å²) in [5.74, 6) is -1.51. The monoisotopic (exact) mass is 593 g/mol. The highest BCUT2D eigenvalue weighted by Gasteiger charge is 2.33. The lowest BCUT2D eigenvalue weighted by molar-refractivity contribution is -0.139. The maximum atomic E-state index is 13.8. The van der Waals surface area contributed by atoms with E-state index in [1.807, 2.05) is 13.8 Å². The maximum absolute atomic E-state index is 13.8. The molecule has 1 N–H and O–H groups in total. The predicted octanol–water partition coefficient (Wildman–Crippen LogP) is 5.58. The number of nitrogens with one attached hydrogen (secondary N) is 1. The largest absolute Gasteiger partial charge is 0.354 e. The second kappa shape index (κ2) is 13.3. The summed E-state index contributed by atoms with van der Waals surface area (Å²) in [6.45, 7) is 4.97. The van der Waals surface area contributed by atoms with Crippen molar-refractivity contribution >= 4 is 50.7 Å². The van der Waals surface area contributed by atoms with Gasteiger partial charge < -0.3 is 10.2 Å². The van der Waals surface area contributed by atoms with E-state index in [-0.39, 0.29) is 27.2 Å². The van der Waals surface area contributed by atoms with Gasteiger partial charge in [-0.3, -0.25) is 13.9 Å². The van der Waals surface area contributed by atoms with Crippen molar-refractivity contribution < 1.29 is 22.4 Å². The molecular formula is C28H30Cl2FN3O4S. The second-order valence-corrected chi connectivity index (χ2v) is 11.7. The van der Waals surface area contributed by atoms with Gasteiger partial charge in [0, 0.05) is 18.1 Å². The van der Waals surface area contributed by atoms with Crippen LogP contribution in [0.25, 0.3) is 0 Å². The number of benzene rings is 3. The minimum absolute atomic E-state index is 0.0166. The van der Waals surface area contributed by atoms with Crippen LogP contribution in [-0.2, 0) is 26.2 Å². The molecule has 0 saturated carbocycles. The van der Waals surface area contributed by atoms with Crippen LogP contribution in [0.3, 0.4) is 0 Å². The van der Waals surface area contributed by atoms with Crippen molar-refractivity contribution in [3.8, 4) is 0 Å². The highest BCUT2D eigenvalue weighted by molar-refractivity contribution is 7.92. The molecule has 0 aliphatic carbocycles. The molecule has 3 aromatic rings. The molecule has 1 atom stereocenters. The van der Waals surface area contributed by atoms with Crippen LogP contribution in [-0.4, -0.2) is 44.3 Å². The average Bonchev–Trinajstić information content (AvgIpc) is 2.91. The van der Waals surface area contributed by atoms with E-state index in [0.29, 0.717) is 18.5 Å².